The second kappa shape index (κ2) is 20.7. The third-order valence-corrected chi connectivity index (χ3v) is 14.5. The Morgan fingerprint density at radius 1 is 0.750 bits per heavy atom. The molecule has 4 aliphatic heterocycles. The quantitative estimate of drug-likeness (QED) is 0.0695. The Balaban J connectivity index is 1.34. The molecule has 356 valence electrons. The number of carbonyl (C=O) groups excluding carboxylic acids is 4. The van der Waals surface area contributed by atoms with Crippen LogP contribution in [-0.2, 0) is 34.0 Å². The summed E-state index contributed by atoms with van der Waals surface area (Å²) in [5.41, 5.74) is -0.0645. The van der Waals surface area contributed by atoms with E-state index in [0.717, 1.165) is 73.8 Å². The van der Waals surface area contributed by atoms with Gasteiger partial charge in [-0.1, -0.05) is 117 Å². The van der Waals surface area contributed by atoms with Gasteiger partial charge in [0, 0.05) is 25.8 Å². The van der Waals surface area contributed by atoms with Crippen molar-refractivity contribution in [3.05, 3.63) is 131 Å². The average Bonchev–Trinajstić information content (AvgIpc) is 3.68. The number of likely N-dealkylation sites (tertiary alicyclic amines) is 1. The molecule has 2 N–H and O–H groups in total. The van der Waals surface area contributed by atoms with Gasteiger partial charge in [0.15, 0.2) is 0 Å². The molecule has 4 fully saturated rings. The second-order valence-corrected chi connectivity index (χ2v) is 18.7. The molecule has 3 saturated heterocycles. The van der Waals surface area contributed by atoms with Crippen LogP contribution >= 0.6 is 0 Å². The Morgan fingerprint density at radius 3 is 2.06 bits per heavy atom. The number of methoxy groups -OCH3 is 1. The Kier molecular flexibility index (Phi) is 14.3. The van der Waals surface area contributed by atoms with E-state index < -0.39 is 59.1 Å². The van der Waals surface area contributed by atoms with Gasteiger partial charge in [0.2, 0.25) is 11.8 Å². The molecule has 0 unspecified atom stereocenters. The molecular formula is C55H61N3O10. The van der Waals surface area contributed by atoms with Crippen molar-refractivity contribution >= 4 is 29.6 Å². The summed E-state index contributed by atoms with van der Waals surface area (Å²) in [5.74, 6) is 3.74. The van der Waals surface area contributed by atoms with Crippen LogP contribution < -0.4 is 9.64 Å². The van der Waals surface area contributed by atoms with Crippen LogP contribution in [0.1, 0.15) is 117 Å². The van der Waals surface area contributed by atoms with Gasteiger partial charge in [0.25, 0.3) is 0 Å². The van der Waals surface area contributed by atoms with Crippen molar-refractivity contribution in [1.82, 2.24) is 9.80 Å². The topological polar surface area (TPSA) is 155 Å². The fraction of sp³-hybridized carbons (Fsp3) is 0.455. The van der Waals surface area contributed by atoms with Crippen molar-refractivity contribution in [2.45, 2.75) is 106 Å². The number of fused-ring (bicyclic) bond motifs is 3. The minimum absolute atomic E-state index is 0.0545. The van der Waals surface area contributed by atoms with Crippen LogP contribution in [0.4, 0.5) is 10.5 Å². The van der Waals surface area contributed by atoms with E-state index in [9.17, 15) is 15.0 Å². The van der Waals surface area contributed by atoms with E-state index in [1.165, 1.54) is 7.11 Å². The number of rotatable bonds is 10. The van der Waals surface area contributed by atoms with E-state index >= 15 is 14.4 Å². The number of ether oxygens (including phenoxy) is 4. The molecule has 0 radical (unpaired) electrons. The van der Waals surface area contributed by atoms with E-state index in [1.54, 1.807) is 30.3 Å². The highest BCUT2D eigenvalue weighted by Crippen LogP contribution is 2.66. The number of hydrogen-bond donors (Lipinski definition) is 2. The Bertz CT molecular complexity index is 2490. The third kappa shape index (κ3) is 8.91. The largest absolute Gasteiger partial charge is 0.491 e. The van der Waals surface area contributed by atoms with Gasteiger partial charge in [-0.05, 0) is 91.1 Å². The zero-order valence-electron chi connectivity index (χ0n) is 38.7. The minimum Gasteiger partial charge on any atom is -0.491 e. The molecule has 4 heterocycles. The third-order valence-electron chi connectivity index (χ3n) is 14.5. The summed E-state index contributed by atoms with van der Waals surface area (Å²) in [7, 11) is 1.48. The molecular weight excluding hydrogens is 863 g/mol. The number of hydrogen-bond acceptors (Lipinski definition) is 11. The van der Waals surface area contributed by atoms with Gasteiger partial charge in [-0.25, -0.2) is 9.69 Å². The molecule has 13 heteroatoms. The SMILES string of the molecule is COCCOC(=O)N1C(=O)[C@@]2(c3cc(C#CC4(O)CCCCCC4)ccc31)[C@H](c1ccc(OCCO)cc1)N1[C@H](c3ccccc3)[C@H](c3ccccc3)OC(=O)[C@H]1[C@@H]2C(=O)N1CCCCCCC1. The molecule has 1 aliphatic carbocycles. The van der Waals surface area contributed by atoms with Crippen LogP contribution in [0, 0.1) is 17.8 Å². The van der Waals surface area contributed by atoms with Crippen LogP contribution in [0.3, 0.4) is 0 Å². The van der Waals surface area contributed by atoms with Gasteiger partial charge >= 0.3 is 12.1 Å². The van der Waals surface area contributed by atoms with Crippen molar-refractivity contribution in [1.29, 1.82) is 0 Å². The first kappa shape index (κ1) is 47.0. The number of benzene rings is 4. The first-order chi connectivity index (χ1) is 33.2. The van der Waals surface area contributed by atoms with Gasteiger partial charge in [0.05, 0.1) is 36.9 Å². The van der Waals surface area contributed by atoms with Gasteiger partial charge < -0.3 is 34.1 Å². The molecule has 3 amide bonds. The monoisotopic (exact) mass is 923 g/mol. The predicted octanol–water partition coefficient (Wildman–Crippen LogP) is 7.74. The summed E-state index contributed by atoms with van der Waals surface area (Å²) >= 11 is 0. The maximum absolute atomic E-state index is 16.5. The number of imide groups is 1. The highest BCUT2D eigenvalue weighted by molar-refractivity contribution is 6.23. The molecule has 6 atom stereocenters. The minimum atomic E-state index is -1.97. The number of amides is 3. The van der Waals surface area contributed by atoms with Gasteiger partial charge in [-0.2, -0.15) is 0 Å². The lowest BCUT2D eigenvalue weighted by Gasteiger charge is -2.46. The molecule has 5 aliphatic rings. The summed E-state index contributed by atoms with van der Waals surface area (Å²) in [6.45, 7) is 0.644. The van der Waals surface area contributed by atoms with E-state index in [-0.39, 0.29) is 38.0 Å². The second-order valence-electron chi connectivity index (χ2n) is 18.7. The smallest absolute Gasteiger partial charge is 0.421 e. The van der Waals surface area contributed by atoms with Crippen molar-refractivity contribution in [2.24, 2.45) is 5.92 Å². The van der Waals surface area contributed by atoms with Gasteiger partial charge in [-0.3, -0.25) is 19.3 Å². The van der Waals surface area contributed by atoms with Crippen molar-refractivity contribution < 1.29 is 48.3 Å². The standard InChI is InChI=1S/C55H61N3O10/c1-65-35-36-67-53(63)57-44-26-21-38(27-30-54(64)28-13-3-4-14-29-54)37-43(44)55(52(57)62)45(50(60)56-31-15-5-2-6-16-32-56)47-51(61)68-48(40-19-11-8-12-20-40)46(39-17-9-7-10-18-39)58(47)49(55)41-22-24-42(25-23-41)66-34-33-59/h7-12,17-26,37,45-49,59,64H,2-6,13-16,28-29,31-36H2,1H3/t45-,46-,47-,48+,49+,55-/m1/s1. The maximum Gasteiger partial charge on any atom is 0.421 e. The summed E-state index contributed by atoms with van der Waals surface area (Å²) in [5, 5.41) is 21.4. The summed E-state index contributed by atoms with van der Waals surface area (Å²) in [4.78, 5) is 67.7. The molecule has 4 aromatic rings. The fourth-order valence-electron chi connectivity index (χ4n) is 11.4. The summed E-state index contributed by atoms with van der Waals surface area (Å²) < 4.78 is 23.5. The maximum atomic E-state index is 16.5. The number of aliphatic hydroxyl groups is 2. The molecule has 0 bridgehead atoms. The van der Waals surface area contributed by atoms with Crippen LogP contribution in [0.5, 0.6) is 5.75 Å². The number of esters is 1. The van der Waals surface area contributed by atoms with Crippen LogP contribution in [0.2, 0.25) is 0 Å². The van der Waals surface area contributed by atoms with Crippen LogP contribution in [0.15, 0.2) is 103 Å². The van der Waals surface area contributed by atoms with Crippen molar-refractivity contribution in [2.75, 3.05) is 51.5 Å². The van der Waals surface area contributed by atoms with E-state index in [1.807, 2.05) is 82.6 Å². The van der Waals surface area contributed by atoms with Crippen molar-refractivity contribution in [3.63, 3.8) is 0 Å². The Labute approximate surface area is 398 Å². The van der Waals surface area contributed by atoms with E-state index in [4.69, 9.17) is 18.9 Å². The zero-order valence-corrected chi connectivity index (χ0v) is 38.7. The number of aliphatic hydroxyl groups excluding tert-OH is 1. The number of anilines is 1. The first-order valence-corrected chi connectivity index (χ1v) is 24.3. The van der Waals surface area contributed by atoms with Crippen molar-refractivity contribution in [3.8, 4) is 17.6 Å². The highest BCUT2D eigenvalue weighted by atomic mass is 16.6. The molecule has 4 aromatic carbocycles. The summed E-state index contributed by atoms with van der Waals surface area (Å²) in [6, 6.07) is 28.3. The molecule has 68 heavy (non-hydrogen) atoms. The summed E-state index contributed by atoms with van der Waals surface area (Å²) in [6.07, 6.45) is 7.35. The number of cyclic esters (lactones) is 1. The first-order valence-electron chi connectivity index (χ1n) is 24.3. The highest BCUT2D eigenvalue weighted by Gasteiger charge is 2.76. The molecule has 0 aromatic heterocycles. The van der Waals surface area contributed by atoms with E-state index in [0.29, 0.717) is 48.4 Å². The fourth-order valence-corrected chi connectivity index (χ4v) is 11.4. The molecule has 9 rings (SSSR count). The van der Waals surface area contributed by atoms with Gasteiger partial charge in [-0.15, -0.1) is 0 Å². The van der Waals surface area contributed by atoms with E-state index in [2.05, 4.69) is 11.8 Å². The molecule has 1 saturated carbocycles. The lowest BCUT2D eigenvalue weighted by molar-refractivity contribution is -0.179. The molecule has 13 nitrogen and oxygen atoms in total. The number of carbonyl (C=O) groups is 4. The van der Waals surface area contributed by atoms with Gasteiger partial charge in [0.1, 0.15) is 42.1 Å². The zero-order chi connectivity index (χ0) is 47.3. The Morgan fingerprint density at radius 2 is 1.40 bits per heavy atom. The number of morpholine rings is 1. The molecule has 1 spiro atoms. The van der Waals surface area contributed by atoms with Crippen LogP contribution in [0.25, 0.3) is 0 Å². The average molecular weight is 924 g/mol. The normalized spacial score (nSPS) is 25.8. The predicted molar refractivity (Wildman–Crippen MR) is 253 cm³/mol. The lowest BCUT2D eigenvalue weighted by atomic mass is 9.64. The Hall–Kier alpha value is -6.04. The number of nitrogens with zero attached hydrogens (tertiary/aromatic N) is 3. The lowest BCUT2D eigenvalue weighted by Crippen LogP contribution is -2.56. The van der Waals surface area contributed by atoms with Crippen LogP contribution in [-0.4, -0.2) is 102 Å².